The van der Waals surface area contributed by atoms with Crippen molar-refractivity contribution in [2.45, 2.75) is 19.1 Å². The van der Waals surface area contributed by atoms with Crippen molar-refractivity contribution in [2.24, 2.45) is 21.7 Å². The van der Waals surface area contributed by atoms with E-state index in [0.29, 0.717) is 22.6 Å². The Bertz CT molecular complexity index is 1010. The number of para-hydroxylation sites is 1. The van der Waals surface area contributed by atoms with Gasteiger partial charge < -0.3 is 21.4 Å². The summed E-state index contributed by atoms with van der Waals surface area (Å²) in [5.41, 5.74) is 8.80. The Morgan fingerprint density at radius 1 is 1.28 bits per heavy atom. The number of nitrogens with one attached hydrogen (secondary N) is 2. The number of anilines is 2. The first-order chi connectivity index (χ1) is 15.5. The number of aliphatic imine (C=N–C) groups is 1. The Hall–Kier alpha value is -3.76. The van der Waals surface area contributed by atoms with Gasteiger partial charge in [0.25, 0.3) is 5.91 Å². The predicted octanol–water partition coefficient (Wildman–Crippen LogP) is 1.75. The lowest BCUT2D eigenvalue weighted by molar-refractivity contribution is 0.0958. The summed E-state index contributed by atoms with van der Waals surface area (Å²) in [6, 6.07) is 14.2. The third-order valence-electron chi connectivity index (χ3n) is 5.24. The fourth-order valence-corrected chi connectivity index (χ4v) is 3.68. The summed E-state index contributed by atoms with van der Waals surface area (Å²) in [6.45, 7) is 1.85. The monoisotopic (exact) mass is 436 g/mol. The molecule has 2 aromatic rings. The highest BCUT2D eigenvalue weighted by molar-refractivity contribution is 6.13. The van der Waals surface area contributed by atoms with Crippen LogP contribution in [0.15, 0.2) is 70.6 Å². The van der Waals surface area contributed by atoms with Gasteiger partial charge in [0.15, 0.2) is 0 Å². The zero-order valence-corrected chi connectivity index (χ0v) is 18.1. The normalized spacial score (nSPS) is 17.0. The number of fused-ring (bicyclic) bond motifs is 1. The van der Waals surface area contributed by atoms with Gasteiger partial charge >= 0.3 is 0 Å². The summed E-state index contributed by atoms with van der Waals surface area (Å²) in [6.07, 6.45) is 2.47. The first kappa shape index (κ1) is 22.9. The van der Waals surface area contributed by atoms with E-state index in [4.69, 9.17) is 11.6 Å². The number of nitrogens with zero attached hydrogens (tertiary/aromatic N) is 4. The van der Waals surface area contributed by atoms with Gasteiger partial charge in [-0.05, 0) is 30.7 Å². The zero-order chi connectivity index (χ0) is 23.1. The molecule has 0 fully saturated rings. The van der Waals surface area contributed by atoms with E-state index in [1.54, 1.807) is 24.4 Å². The molecule has 0 saturated heterocycles. The van der Waals surface area contributed by atoms with Crippen LogP contribution in [0.1, 0.15) is 15.9 Å². The topological polar surface area (TPSA) is 141 Å². The number of nitrogens with two attached hydrogens (primary N) is 2. The minimum Gasteiger partial charge on any atom is -0.386 e. The summed E-state index contributed by atoms with van der Waals surface area (Å²) in [4.78, 5) is 30.6. The van der Waals surface area contributed by atoms with Gasteiger partial charge in [-0.15, -0.1) is 0 Å². The van der Waals surface area contributed by atoms with Crippen LogP contribution in [0.25, 0.3) is 0 Å². The Kier molecular flexibility index (Phi) is 7.53. The average Bonchev–Trinajstić information content (AvgIpc) is 2.80. The molecule has 0 aliphatic carbocycles. The van der Waals surface area contributed by atoms with Gasteiger partial charge in [-0.25, -0.2) is 5.84 Å². The second-order valence-electron chi connectivity index (χ2n) is 7.25. The molecular formula is C22H28N8O2. The summed E-state index contributed by atoms with van der Waals surface area (Å²) >= 11 is 0. The van der Waals surface area contributed by atoms with Crippen molar-refractivity contribution in [1.29, 1.82) is 0 Å². The largest absolute Gasteiger partial charge is 0.386 e. The molecule has 0 aromatic heterocycles. The number of hydrogen-bond donors (Lipinski definition) is 4. The molecule has 2 aromatic carbocycles. The number of allylic oxidation sites excluding steroid dienone is 1. The Labute approximate surface area is 186 Å². The zero-order valence-electron chi connectivity index (χ0n) is 18.1. The molecule has 1 aliphatic heterocycles. The van der Waals surface area contributed by atoms with E-state index in [-0.39, 0.29) is 19.1 Å². The van der Waals surface area contributed by atoms with Crippen LogP contribution in [0.5, 0.6) is 0 Å². The molecule has 0 radical (unpaired) electrons. The third-order valence-corrected chi connectivity index (χ3v) is 5.24. The maximum absolute atomic E-state index is 13.7. The van der Waals surface area contributed by atoms with Gasteiger partial charge in [0.2, 0.25) is 0 Å². The summed E-state index contributed by atoms with van der Waals surface area (Å²) in [7, 11) is 1.72. The number of hydrazine groups is 1. The van der Waals surface area contributed by atoms with Crippen LogP contribution in [-0.2, 0) is 0 Å². The molecule has 1 amide bonds. The second-order valence-corrected chi connectivity index (χ2v) is 7.25. The third kappa shape index (κ3) is 4.76. The summed E-state index contributed by atoms with van der Waals surface area (Å²) in [5, 5.41) is 10.8. The van der Waals surface area contributed by atoms with E-state index in [2.05, 4.69) is 20.8 Å². The van der Waals surface area contributed by atoms with Crippen molar-refractivity contribution in [3.8, 4) is 0 Å². The van der Waals surface area contributed by atoms with Crippen molar-refractivity contribution < 1.29 is 4.79 Å². The molecule has 1 heterocycles. The maximum Gasteiger partial charge on any atom is 0.262 e. The van der Waals surface area contributed by atoms with E-state index in [9.17, 15) is 9.70 Å². The number of carbonyl (C=O) groups is 1. The summed E-state index contributed by atoms with van der Waals surface area (Å²) < 4.78 is 0. The maximum atomic E-state index is 13.7. The predicted molar refractivity (Wildman–Crippen MR) is 127 cm³/mol. The van der Waals surface area contributed by atoms with Gasteiger partial charge in [0.1, 0.15) is 18.8 Å². The van der Waals surface area contributed by atoms with Crippen molar-refractivity contribution >= 4 is 23.5 Å². The Morgan fingerprint density at radius 2 is 2.03 bits per heavy atom. The lowest BCUT2D eigenvalue weighted by atomic mass is 9.99. The van der Waals surface area contributed by atoms with Crippen LogP contribution < -0.4 is 27.1 Å². The van der Waals surface area contributed by atoms with Gasteiger partial charge in [-0.1, -0.05) is 35.5 Å². The van der Waals surface area contributed by atoms with E-state index in [0.717, 1.165) is 5.56 Å². The molecule has 2 unspecified atom stereocenters. The van der Waals surface area contributed by atoms with E-state index < -0.39 is 12.2 Å². The van der Waals surface area contributed by atoms with Crippen LogP contribution in [0.4, 0.5) is 11.4 Å². The van der Waals surface area contributed by atoms with E-state index >= 15 is 0 Å². The van der Waals surface area contributed by atoms with Crippen LogP contribution in [0, 0.1) is 11.8 Å². The highest BCUT2D eigenvalue weighted by Gasteiger charge is 2.40. The highest BCUT2D eigenvalue weighted by atomic mass is 16.3. The van der Waals surface area contributed by atoms with Crippen LogP contribution in [-0.4, -0.2) is 49.6 Å². The Morgan fingerprint density at radius 3 is 2.69 bits per heavy atom. The molecule has 0 saturated carbocycles. The lowest BCUT2D eigenvalue weighted by Gasteiger charge is -2.43. The van der Waals surface area contributed by atoms with Crippen LogP contribution in [0.2, 0.25) is 0 Å². The number of rotatable bonds is 9. The van der Waals surface area contributed by atoms with Crippen molar-refractivity contribution in [3.63, 3.8) is 0 Å². The van der Waals surface area contributed by atoms with Crippen LogP contribution in [0.3, 0.4) is 0 Å². The number of hydrogen-bond acceptors (Lipinski definition) is 9. The Balaban J connectivity index is 2.08. The molecule has 0 bridgehead atoms. The number of aryl methyl sites for hydroxylation is 1. The highest BCUT2D eigenvalue weighted by Crippen LogP contribution is 2.33. The molecule has 32 heavy (non-hydrogen) atoms. The molecule has 2 atom stereocenters. The molecular weight excluding hydrogens is 408 g/mol. The fourth-order valence-electron chi connectivity index (χ4n) is 3.68. The second kappa shape index (κ2) is 10.5. The van der Waals surface area contributed by atoms with Crippen LogP contribution >= 0.6 is 0 Å². The molecule has 0 spiro atoms. The first-order valence-electron chi connectivity index (χ1n) is 10.2. The average molecular weight is 437 g/mol. The van der Waals surface area contributed by atoms with Gasteiger partial charge in [-0.2, -0.15) is 4.91 Å². The lowest BCUT2D eigenvalue weighted by Crippen LogP contribution is -2.61. The smallest absolute Gasteiger partial charge is 0.262 e. The van der Waals surface area contributed by atoms with Crippen molar-refractivity contribution in [1.82, 2.24) is 10.3 Å². The molecule has 168 valence electrons. The van der Waals surface area contributed by atoms with E-state index in [1.807, 2.05) is 55.5 Å². The fraction of sp³-hybridized carbons (Fsp3) is 0.273. The van der Waals surface area contributed by atoms with Crippen molar-refractivity contribution in [2.75, 3.05) is 30.5 Å². The molecule has 10 heteroatoms. The van der Waals surface area contributed by atoms with Crippen molar-refractivity contribution in [3.05, 3.63) is 76.5 Å². The quantitative estimate of drug-likeness (QED) is 0.203. The standard InChI is InChI=1S/C22H28N8O2/c1-15-7-6-10-18-20(15)22(31)30(17-8-4-3-5-9-17)21(28-18)19(12-27-32)29(24)13-16(25-2)11-26-14-23/h3-11,13,19,21,25,28H,12,14,23-24H2,1-2H3/b16-13-,26-11?. The molecule has 6 N–H and O–H groups in total. The number of amides is 1. The minimum atomic E-state index is -0.681. The van der Waals surface area contributed by atoms with Gasteiger partial charge in [0.05, 0.1) is 17.9 Å². The number of benzene rings is 2. The first-order valence-corrected chi connectivity index (χ1v) is 10.2. The molecule has 1 aliphatic rings. The summed E-state index contributed by atoms with van der Waals surface area (Å²) in [5.74, 6) is 6.19. The SMILES string of the molecule is CN/C(C=NCN)=C\N(N)C(CN=O)C1Nc2cccc(C)c2C(=O)N1c1ccccc1. The van der Waals surface area contributed by atoms with Gasteiger partial charge in [-0.3, -0.25) is 14.7 Å². The number of carbonyl (C=O) groups excluding carboxylic acids is 1. The molecule has 10 nitrogen and oxygen atoms in total. The molecule has 3 rings (SSSR count). The number of nitroso groups, excluding NO2 is 1. The minimum absolute atomic E-state index is 0.125. The van der Waals surface area contributed by atoms with E-state index in [1.165, 1.54) is 5.01 Å². The van der Waals surface area contributed by atoms with Gasteiger partial charge in [0, 0.05) is 30.8 Å².